The number of carbonyl (C=O) groups excluding carboxylic acids is 1. The number of nitrogens with one attached hydrogen (secondary N) is 1. The molecule has 3 nitrogen and oxygen atoms in total. The summed E-state index contributed by atoms with van der Waals surface area (Å²) in [5.74, 6) is 0. The summed E-state index contributed by atoms with van der Waals surface area (Å²) < 4.78 is 42.0. The second-order valence-electron chi connectivity index (χ2n) is 2.99. The predicted molar refractivity (Wildman–Crippen MR) is 57.7 cm³/mol. The number of carbonyl (C=O) groups is 1. The summed E-state index contributed by atoms with van der Waals surface area (Å²) in [7, 11) is 1.01. The Morgan fingerprint density at radius 3 is 2.41 bits per heavy atom. The Hall–Kier alpha value is -1.37. The van der Waals surface area contributed by atoms with Gasteiger partial charge in [0.2, 0.25) is 0 Å². The normalized spacial score (nSPS) is 12.9. The number of alkyl halides is 3. The van der Waals surface area contributed by atoms with Crippen LogP contribution >= 0.6 is 11.8 Å². The lowest BCUT2D eigenvalue weighted by atomic mass is 10.4. The van der Waals surface area contributed by atoms with Crippen molar-refractivity contribution in [3.05, 3.63) is 30.3 Å². The van der Waals surface area contributed by atoms with Crippen LogP contribution in [0, 0.1) is 0 Å². The molecule has 1 unspecified atom stereocenters. The van der Waals surface area contributed by atoms with E-state index in [1.165, 1.54) is 12.1 Å². The third-order valence-corrected chi connectivity index (χ3v) is 2.89. The van der Waals surface area contributed by atoms with Crippen molar-refractivity contribution in [3.63, 3.8) is 0 Å². The van der Waals surface area contributed by atoms with E-state index in [0.717, 1.165) is 7.11 Å². The highest BCUT2D eigenvalue weighted by Gasteiger charge is 2.41. The van der Waals surface area contributed by atoms with Gasteiger partial charge in [0.1, 0.15) is 0 Å². The minimum Gasteiger partial charge on any atom is -0.453 e. The average Bonchev–Trinajstić information content (AvgIpc) is 2.28. The van der Waals surface area contributed by atoms with Gasteiger partial charge in [0.25, 0.3) is 0 Å². The summed E-state index contributed by atoms with van der Waals surface area (Å²) in [6.45, 7) is 0. The number of amides is 1. The molecular weight excluding hydrogens is 255 g/mol. The van der Waals surface area contributed by atoms with Crippen LogP contribution in [0.2, 0.25) is 0 Å². The second-order valence-corrected chi connectivity index (χ2v) is 4.17. The van der Waals surface area contributed by atoms with Gasteiger partial charge in [-0.05, 0) is 12.1 Å². The fraction of sp³-hybridized carbons (Fsp3) is 0.300. The molecule has 1 atom stereocenters. The van der Waals surface area contributed by atoms with Gasteiger partial charge in [0.15, 0.2) is 5.37 Å². The molecule has 1 rings (SSSR count). The van der Waals surface area contributed by atoms with E-state index in [1.54, 1.807) is 23.5 Å². The maximum atomic E-state index is 12.6. The van der Waals surface area contributed by atoms with E-state index in [1.807, 2.05) is 0 Å². The van der Waals surface area contributed by atoms with Gasteiger partial charge in [-0.25, -0.2) is 4.79 Å². The zero-order valence-electron chi connectivity index (χ0n) is 8.82. The van der Waals surface area contributed by atoms with Crippen LogP contribution in [0.1, 0.15) is 0 Å². The maximum absolute atomic E-state index is 12.6. The van der Waals surface area contributed by atoms with Crippen molar-refractivity contribution in [1.82, 2.24) is 5.32 Å². The van der Waals surface area contributed by atoms with Crippen molar-refractivity contribution in [1.29, 1.82) is 0 Å². The maximum Gasteiger partial charge on any atom is 0.418 e. The van der Waals surface area contributed by atoms with E-state index in [-0.39, 0.29) is 0 Å². The van der Waals surface area contributed by atoms with Crippen molar-refractivity contribution in [2.45, 2.75) is 16.4 Å². The number of alkyl carbamates (subject to hydrolysis) is 1. The quantitative estimate of drug-likeness (QED) is 0.674. The molecule has 0 heterocycles. The van der Waals surface area contributed by atoms with E-state index < -0.39 is 17.6 Å². The number of rotatable bonds is 3. The van der Waals surface area contributed by atoms with Gasteiger partial charge in [-0.1, -0.05) is 30.0 Å². The van der Waals surface area contributed by atoms with Crippen LogP contribution in [0.15, 0.2) is 35.2 Å². The van der Waals surface area contributed by atoms with Gasteiger partial charge in [-0.2, -0.15) is 13.2 Å². The van der Waals surface area contributed by atoms with E-state index in [2.05, 4.69) is 4.74 Å². The molecule has 0 fully saturated rings. The van der Waals surface area contributed by atoms with E-state index in [0.29, 0.717) is 16.7 Å². The van der Waals surface area contributed by atoms with Gasteiger partial charge in [-0.15, -0.1) is 0 Å². The molecule has 1 aromatic rings. The molecule has 0 bridgehead atoms. The number of thioether (sulfide) groups is 1. The standard InChI is InChI=1S/C10H10F3NO2S/c1-16-9(15)14-8(10(11,12)13)17-7-5-3-2-4-6-7/h2-6,8H,1H3,(H,14,15). The number of benzene rings is 1. The van der Waals surface area contributed by atoms with Crippen molar-refractivity contribution < 1.29 is 22.7 Å². The summed E-state index contributed by atoms with van der Waals surface area (Å²) in [5, 5.41) is -0.298. The monoisotopic (exact) mass is 265 g/mol. The molecule has 7 heteroatoms. The first-order valence-corrected chi connectivity index (χ1v) is 5.44. The largest absolute Gasteiger partial charge is 0.453 e. The van der Waals surface area contributed by atoms with Crippen LogP contribution < -0.4 is 5.32 Å². The Labute approximate surface area is 100 Å². The van der Waals surface area contributed by atoms with Crippen LogP contribution in [-0.4, -0.2) is 24.8 Å². The molecule has 1 amide bonds. The van der Waals surface area contributed by atoms with Gasteiger partial charge in [-0.3, -0.25) is 0 Å². The fourth-order valence-corrected chi connectivity index (χ4v) is 1.85. The molecular formula is C10H10F3NO2S. The first-order valence-electron chi connectivity index (χ1n) is 4.56. The van der Waals surface area contributed by atoms with Gasteiger partial charge < -0.3 is 10.1 Å². The summed E-state index contributed by atoms with van der Waals surface area (Å²) >= 11 is 0.502. The molecule has 17 heavy (non-hydrogen) atoms. The highest BCUT2D eigenvalue weighted by atomic mass is 32.2. The number of hydrogen-bond donors (Lipinski definition) is 1. The number of hydrogen-bond acceptors (Lipinski definition) is 3. The second kappa shape index (κ2) is 5.81. The minimum atomic E-state index is -4.55. The first-order chi connectivity index (χ1) is 7.93. The van der Waals surface area contributed by atoms with Crippen LogP contribution in [-0.2, 0) is 4.74 Å². The lowest BCUT2D eigenvalue weighted by Crippen LogP contribution is -2.42. The highest BCUT2D eigenvalue weighted by Crippen LogP contribution is 2.33. The SMILES string of the molecule is COC(=O)NC(Sc1ccccc1)C(F)(F)F. The topological polar surface area (TPSA) is 38.3 Å². The fourth-order valence-electron chi connectivity index (χ4n) is 0.979. The minimum absolute atomic E-state index is 0.409. The zero-order valence-corrected chi connectivity index (χ0v) is 9.64. The first kappa shape index (κ1) is 13.7. The predicted octanol–water partition coefficient (Wildman–Crippen LogP) is 3.02. The van der Waals surface area contributed by atoms with Crippen molar-refractivity contribution >= 4 is 17.9 Å². The van der Waals surface area contributed by atoms with Crippen molar-refractivity contribution in [2.24, 2.45) is 0 Å². The summed E-state index contributed by atoms with van der Waals surface area (Å²) in [5.41, 5.74) is 0. The Morgan fingerprint density at radius 2 is 1.94 bits per heavy atom. The molecule has 0 radical (unpaired) electrons. The summed E-state index contributed by atoms with van der Waals surface area (Å²) in [4.78, 5) is 11.2. The smallest absolute Gasteiger partial charge is 0.418 e. The van der Waals surface area contributed by atoms with Crippen LogP contribution in [0.4, 0.5) is 18.0 Å². The Bertz CT molecular complexity index is 370. The van der Waals surface area contributed by atoms with Crippen LogP contribution in [0.5, 0.6) is 0 Å². The van der Waals surface area contributed by atoms with E-state index in [4.69, 9.17) is 0 Å². The third-order valence-electron chi connectivity index (χ3n) is 1.73. The Kier molecular flexibility index (Phi) is 4.68. The zero-order chi connectivity index (χ0) is 12.9. The molecule has 1 N–H and O–H groups in total. The lowest BCUT2D eigenvalue weighted by molar-refractivity contribution is -0.133. The molecule has 1 aromatic carbocycles. The van der Waals surface area contributed by atoms with Crippen molar-refractivity contribution in [3.8, 4) is 0 Å². The highest BCUT2D eigenvalue weighted by molar-refractivity contribution is 8.00. The molecule has 94 valence electrons. The Morgan fingerprint density at radius 1 is 1.35 bits per heavy atom. The molecule has 0 aliphatic carbocycles. The number of ether oxygens (including phenoxy) is 1. The third kappa shape index (κ3) is 4.56. The summed E-state index contributed by atoms with van der Waals surface area (Å²) in [6, 6.07) is 7.99. The van der Waals surface area contributed by atoms with Crippen molar-refractivity contribution in [2.75, 3.05) is 7.11 Å². The summed E-state index contributed by atoms with van der Waals surface area (Å²) in [6.07, 6.45) is -5.66. The van der Waals surface area contributed by atoms with Gasteiger partial charge in [0.05, 0.1) is 7.11 Å². The number of halogens is 3. The average molecular weight is 265 g/mol. The molecule has 0 spiro atoms. The number of methoxy groups -OCH3 is 1. The lowest BCUT2D eigenvalue weighted by Gasteiger charge is -2.20. The molecule has 0 saturated carbocycles. The van der Waals surface area contributed by atoms with Gasteiger partial charge in [0, 0.05) is 4.90 Å². The van der Waals surface area contributed by atoms with E-state index >= 15 is 0 Å². The molecule has 0 saturated heterocycles. The van der Waals surface area contributed by atoms with E-state index in [9.17, 15) is 18.0 Å². The molecule has 0 aliphatic heterocycles. The molecule has 0 aromatic heterocycles. The molecule has 0 aliphatic rings. The van der Waals surface area contributed by atoms with Crippen LogP contribution in [0.3, 0.4) is 0 Å². The van der Waals surface area contributed by atoms with Crippen LogP contribution in [0.25, 0.3) is 0 Å². The Balaban J connectivity index is 2.75. The van der Waals surface area contributed by atoms with Gasteiger partial charge >= 0.3 is 12.3 Å².